The molecular formula is C17H18O5S3. The van der Waals surface area contributed by atoms with Crippen LogP contribution in [-0.4, -0.2) is 34.1 Å². The molecule has 2 aromatic rings. The number of rotatable bonds is 6. The Hall–Kier alpha value is -1.51. The minimum Gasteiger partial charge on any atom is -0.497 e. The zero-order chi connectivity index (χ0) is 17.9. The lowest BCUT2D eigenvalue weighted by atomic mass is 10.2. The Balaban J connectivity index is 1.84. The number of methoxy groups -OCH3 is 2. The Morgan fingerprint density at radius 2 is 1.56 bits per heavy atom. The molecule has 5 nitrogen and oxygen atoms in total. The summed E-state index contributed by atoms with van der Waals surface area (Å²) < 4.78 is 41.2. The lowest BCUT2D eigenvalue weighted by molar-refractivity contribution is 0.388. The number of hydrogen-bond acceptors (Lipinski definition) is 7. The molecule has 25 heavy (non-hydrogen) atoms. The standard InChI is InChI=1S/C17H18O5S3/c1-20-14-7-8-15(21-2)16(11-14)25(18,19)22-13-5-3-12(4-6-13)17-23-9-10-24-17/h3-8,11,17H,9-10H2,1-2H3. The molecule has 1 heterocycles. The van der Waals surface area contributed by atoms with Crippen LogP contribution in [-0.2, 0) is 10.1 Å². The highest BCUT2D eigenvalue weighted by Gasteiger charge is 2.24. The molecule has 134 valence electrons. The molecule has 1 fully saturated rings. The maximum Gasteiger partial charge on any atom is 0.343 e. The summed E-state index contributed by atoms with van der Waals surface area (Å²) in [7, 11) is -1.16. The van der Waals surface area contributed by atoms with E-state index in [0.29, 0.717) is 10.3 Å². The highest BCUT2D eigenvalue weighted by atomic mass is 32.2. The van der Waals surface area contributed by atoms with Gasteiger partial charge in [0.25, 0.3) is 0 Å². The fourth-order valence-corrected chi connectivity index (χ4v) is 6.35. The third-order valence-corrected chi connectivity index (χ3v) is 7.99. The summed E-state index contributed by atoms with van der Waals surface area (Å²) in [6, 6.07) is 11.7. The van der Waals surface area contributed by atoms with Gasteiger partial charge >= 0.3 is 10.1 Å². The van der Waals surface area contributed by atoms with Crippen LogP contribution in [0.4, 0.5) is 0 Å². The van der Waals surface area contributed by atoms with Crippen molar-refractivity contribution in [1.82, 2.24) is 0 Å². The average Bonchev–Trinajstić information content (AvgIpc) is 3.16. The molecule has 0 atom stereocenters. The van der Waals surface area contributed by atoms with Gasteiger partial charge in [-0.3, -0.25) is 0 Å². The topological polar surface area (TPSA) is 61.8 Å². The summed E-state index contributed by atoms with van der Waals surface area (Å²) in [5, 5.41) is 0. The van der Waals surface area contributed by atoms with E-state index in [1.54, 1.807) is 18.2 Å². The molecule has 0 unspecified atom stereocenters. The van der Waals surface area contributed by atoms with Crippen molar-refractivity contribution in [1.29, 1.82) is 0 Å². The van der Waals surface area contributed by atoms with E-state index in [0.717, 1.165) is 17.1 Å². The molecular weight excluding hydrogens is 380 g/mol. The van der Waals surface area contributed by atoms with E-state index in [2.05, 4.69) is 0 Å². The van der Waals surface area contributed by atoms with Gasteiger partial charge in [-0.15, -0.1) is 23.5 Å². The number of thioether (sulfide) groups is 2. The van der Waals surface area contributed by atoms with Gasteiger partial charge in [-0.05, 0) is 29.8 Å². The number of ether oxygens (including phenoxy) is 2. The largest absolute Gasteiger partial charge is 0.497 e. The minimum atomic E-state index is -4.04. The van der Waals surface area contributed by atoms with E-state index >= 15 is 0 Å². The second-order valence-electron chi connectivity index (χ2n) is 5.20. The highest BCUT2D eigenvalue weighted by Crippen LogP contribution is 2.45. The Morgan fingerprint density at radius 3 is 2.16 bits per heavy atom. The molecule has 1 saturated heterocycles. The van der Waals surface area contributed by atoms with Gasteiger partial charge in [-0.2, -0.15) is 8.42 Å². The number of hydrogen-bond donors (Lipinski definition) is 0. The van der Waals surface area contributed by atoms with Crippen LogP contribution in [0, 0.1) is 0 Å². The molecule has 0 amide bonds. The molecule has 8 heteroatoms. The van der Waals surface area contributed by atoms with Crippen molar-refractivity contribution in [2.45, 2.75) is 9.48 Å². The Kier molecular flexibility index (Phi) is 5.71. The Morgan fingerprint density at radius 1 is 0.920 bits per heavy atom. The molecule has 0 aromatic heterocycles. The van der Waals surface area contributed by atoms with Crippen LogP contribution >= 0.6 is 23.5 Å². The molecule has 1 aliphatic rings. The van der Waals surface area contributed by atoms with Gasteiger partial charge in [-0.25, -0.2) is 0 Å². The number of benzene rings is 2. The van der Waals surface area contributed by atoms with Gasteiger partial charge in [0.05, 0.1) is 18.8 Å². The first-order valence-electron chi connectivity index (χ1n) is 7.53. The molecule has 0 N–H and O–H groups in total. The predicted molar refractivity (Wildman–Crippen MR) is 101 cm³/mol. The van der Waals surface area contributed by atoms with Crippen molar-refractivity contribution in [2.24, 2.45) is 0 Å². The molecule has 0 aliphatic carbocycles. The van der Waals surface area contributed by atoms with Crippen molar-refractivity contribution in [2.75, 3.05) is 25.7 Å². The van der Waals surface area contributed by atoms with Crippen LogP contribution in [0.5, 0.6) is 17.2 Å². The van der Waals surface area contributed by atoms with Gasteiger partial charge < -0.3 is 13.7 Å². The molecule has 0 bridgehead atoms. The van der Waals surface area contributed by atoms with Crippen LogP contribution in [0.2, 0.25) is 0 Å². The van der Waals surface area contributed by atoms with E-state index in [-0.39, 0.29) is 16.4 Å². The highest BCUT2D eigenvalue weighted by molar-refractivity contribution is 8.19. The summed E-state index contributed by atoms with van der Waals surface area (Å²) in [5.41, 5.74) is 1.16. The Bertz CT molecular complexity index is 828. The minimum absolute atomic E-state index is 0.0691. The summed E-state index contributed by atoms with van der Waals surface area (Å²) >= 11 is 3.79. The van der Waals surface area contributed by atoms with Gasteiger partial charge in [0.2, 0.25) is 0 Å². The summed E-state index contributed by atoms with van der Waals surface area (Å²) in [6.07, 6.45) is 0. The van der Waals surface area contributed by atoms with Crippen LogP contribution in [0.25, 0.3) is 0 Å². The Labute approximate surface area is 156 Å². The zero-order valence-corrected chi connectivity index (χ0v) is 16.2. The third kappa shape index (κ3) is 4.19. The summed E-state index contributed by atoms with van der Waals surface area (Å²) in [6.45, 7) is 0. The van der Waals surface area contributed by atoms with Crippen LogP contribution in [0.1, 0.15) is 10.1 Å². The maximum atomic E-state index is 12.6. The van der Waals surface area contributed by atoms with Gasteiger partial charge in [0.15, 0.2) is 4.90 Å². The van der Waals surface area contributed by atoms with Gasteiger partial charge in [0.1, 0.15) is 17.2 Å². The van der Waals surface area contributed by atoms with E-state index < -0.39 is 10.1 Å². The maximum absolute atomic E-state index is 12.6. The van der Waals surface area contributed by atoms with Crippen molar-refractivity contribution in [3.8, 4) is 17.2 Å². The molecule has 2 aromatic carbocycles. The molecule has 0 saturated carbocycles. The van der Waals surface area contributed by atoms with E-state index in [9.17, 15) is 8.42 Å². The first kappa shape index (κ1) is 18.3. The van der Waals surface area contributed by atoms with Crippen molar-refractivity contribution < 1.29 is 22.1 Å². The first-order valence-corrected chi connectivity index (χ1v) is 11.0. The van der Waals surface area contributed by atoms with E-state index in [4.69, 9.17) is 13.7 Å². The van der Waals surface area contributed by atoms with Crippen molar-refractivity contribution in [3.63, 3.8) is 0 Å². The zero-order valence-electron chi connectivity index (χ0n) is 13.8. The van der Waals surface area contributed by atoms with E-state index in [1.165, 1.54) is 26.4 Å². The summed E-state index contributed by atoms with van der Waals surface area (Å²) in [4.78, 5) is -0.0691. The lowest BCUT2D eigenvalue weighted by Gasteiger charge is -2.13. The molecule has 0 spiro atoms. The first-order chi connectivity index (χ1) is 12.0. The second kappa shape index (κ2) is 7.80. The molecule has 3 rings (SSSR count). The smallest absolute Gasteiger partial charge is 0.343 e. The van der Waals surface area contributed by atoms with Crippen LogP contribution in [0.3, 0.4) is 0 Å². The van der Waals surface area contributed by atoms with E-state index in [1.807, 2.05) is 35.7 Å². The van der Waals surface area contributed by atoms with Crippen LogP contribution < -0.4 is 13.7 Å². The second-order valence-corrected chi connectivity index (χ2v) is 9.44. The van der Waals surface area contributed by atoms with Crippen molar-refractivity contribution in [3.05, 3.63) is 48.0 Å². The van der Waals surface area contributed by atoms with Crippen molar-refractivity contribution >= 4 is 33.6 Å². The lowest BCUT2D eigenvalue weighted by Crippen LogP contribution is -2.11. The van der Waals surface area contributed by atoms with Crippen LogP contribution in [0.15, 0.2) is 47.4 Å². The monoisotopic (exact) mass is 398 g/mol. The van der Waals surface area contributed by atoms with Gasteiger partial charge in [-0.1, -0.05) is 12.1 Å². The third-order valence-electron chi connectivity index (χ3n) is 3.62. The fraction of sp³-hybridized carbons (Fsp3) is 0.294. The molecule has 0 radical (unpaired) electrons. The predicted octanol–water partition coefficient (Wildman–Crippen LogP) is 3.95. The summed E-state index contributed by atoms with van der Waals surface area (Å²) in [5.74, 6) is 3.15. The quantitative estimate of drug-likeness (QED) is 0.683. The normalized spacial score (nSPS) is 15.1. The van der Waals surface area contributed by atoms with Gasteiger partial charge in [0, 0.05) is 17.6 Å². The fourth-order valence-electron chi connectivity index (χ4n) is 2.38. The SMILES string of the molecule is COc1ccc(OC)c(S(=O)(=O)Oc2ccc(C3SCCS3)cc2)c1. The molecule has 1 aliphatic heterocycles. The average molecular weight is 399 g/mol.